The number of rotatable bonds is 5. The van der Waals surface area contributed by atoms with Gasteiger partial charge in [-0.2, -0.15) is 21.6 Å². The van der Waals surface area contributed by atoms with Crippen LogP contribution in [-0.4, -0.2) is 97.9 Å². The molecule has 1 saturated heterocycles. The molecule has 0 unspecified atom stereocenters. The molecule has 47 heavy (non-hydrogen) atoms. The molecule has 0 aromatic carbocycles. The highest BCUT2D eigenvalue weighted by molar-refractivity contribution is 7.87. The molecule has 17 heteroatoms. The Morgan fingerprint density at radius 3 is 1.66 bits per heavy atom. The van der Waals surface area contributed by atoms with Crippen LogP contribution in [0, 0.1) is 0 Å². The maximum absolute atomic E-state index is 12.5. The van der Waals surface area contributed by atoms with E-state index in [-0.39, 0.29) is 42.9 Å². The maximum atomic E-state index is 12.5. The van der Waals surface area contributed by atoms with Crippen LogP contribution < -0.4 is 0 Å². The SMILES string of the molecule is C/C=C/C(=O)OC.CC(=O)/C=C/C1=C(OS(=O)(=O)C(F)(F)F)CCN(C(=O)OC(C)(C)C)C1.CC(C)(C)OC(=O)N1CCC(=O)CC1. The molecule has 0 bridgehead atoms. The molecular formula is C30H45F3N2O11S. The highest BCUT2D eigenvalue weighted by atomic mass is 32.2. The van der Waals surface area contributed by atoms with Gasteiger partial charge in [-0.3, -0.25) is 9.59 Å². The summed E-state index contributed by atoms with van der Waals surface area (Å²) in [5, 5.41) is 0. The fourth-order valence-electron chi connectivity index (χ4n) is 3.36. The first-order chi connectivity index (χ1) is 21.3. The number of Topliss-reactive ketones (excluding diaryl/α,β-unsaturated/α-hetero) is 1. The van der Waals surface area contributed by atoms with Crippen molar-refractivity contribution < 1.29 is 64.0 Å². The highest BCUT2D eigenvalue weighted by Gasteiger charge is 2.49. The van der Waals surface area contributed by atoms with Crippen molar-refractivity contribution in [2.75, 3.05) is 33.3 Å². The summed E-state index contributed by atoms with van der Waals surface area (Å²) in [6.45, 7) is 14.0. The molecule has 0 radical (unpaired) electrons. The van der Waals surface area contributed by atoms with Gasteiger partial charge in [-0.15, -0.1) is 0 Å². The number of piperidine rings is 1. The van der Waals surface area contributed by atoms with Crippen LogP contribution in [0.1, 0.15) is 74.7 Å². The topological polar surface area (TPSA) is 163 Å². The first-order valence-electron chi connectivity index (χ1n) is 14.4. The van der Waals surface area contributed by atoms with Crippen molar-refractivity contribution >= 4 is 39.8 Å². The summed E-state index contributed by atoms with van der Waals surface area (Å²) in [5.74, 6) is -0.961. The summed E-state index contributed by atoms with van der Waals surface area (Å²) in [6.07, 6.45) is 4.75. The van der Waals surface area contributed by atoms with Crippen LogP contribution in [0.2, 0.25) is 0 Å². The number of hydrogen-bond donors (Lipinski definition) is 0. The second-order valence-electron chi connectivity index (χ2n) is 12.1. The second kappa shape index (κ2) is 18.4. The van der Waals surface area contributed by atoms with Crippen molar-refractivity contribution in [2.45, 2.75) is 91.4 Å². The van der Waals surface area contributed by atoms with Crippen LogP contribution in [0.4, 0.5) is 22.8 Å². The van der Waals surface area contributed by atoms with Crippen molar-refractivity contribution in [3.63, 3.8) is 0 Å². The fraction of sp³-hybridized carbons (Fsp3) is 0.633. The van der Waals surface area contributed by atoms with Gasteiger partial charge in [0.2, 0.25) is 0 Å². The smallest absolute Gasteiger partial charge is 0.466 e. The van der Waals surface area contributed by atoms with Gasteiger partial charge in [-0.25, -0.2) is 14.4 Å². The molecule has 0 aromatic heterocycles. The lowest BCUT2D eigenvalue weighted by molar-refractivity contribution is -0.134. The van der Waals surface area contributed by atoms with Gasteiger partial charge in [0, 0.05) is 50.5 Å². The van der Waals surface area contributed by atoms with Crippen molar-refractivity contribution in [3.05, 3.63) is 35.6 Å². The molecule has 0 spiro atoms. The molecule has 13 nitrogen and oxygen atoms in total. The van der Waals surface area contributed by atoms with E-state index in [0.717, 1.165) is 12.2 Å². The molecule has 0 aromatic rings. The summed E-state index contributed by atoms with van der Waals surface area (Å²) in [6, 6.07) is 0. The van der Waals surface area contributed by atoms with E-state index in [0.29, 0.717) is 25.9 Å². The zero-order valence-corrected chi connectivity index (χ0v) is 29.0. The van der Waals surface area contributed by atoms with Crippen LogP contribution in [0.5, 0.6) is 0 Å². The minimum Gasteiger partial charge on any atom is -0.466 e. The summed E-state index contributed by atoms with van der Waals surface area (Å²) in [5.41, 5.74) is -6.87. The molecule has 2 amide bonds. The van der Waals surface area contributed by atoms with Crippen LogP contribution >= 0.6 is 0 Å². The Bertz CT molecular complexity index is 1310. The maximum Gasteiger partial charge on any atom is 0.534 e. The third-order valence-corrected chi connectivity index (χ3v) is 6.46. The summed E-state index contributed by atoms with van der Waals surface area (Å²) >= 11 is 0. The number of allylic oxidation sites excluding steroid dienone is 2. The molecule has 0 atom stereocenters. The number of ether oxygens (including phenoxy) is 3. The number of nitrogens with zero attached hydrogens (tertiary/aromatic N) is 2. The standard InChI is InChI=1S/C15H20F3NO6S.C10H17NO3.C5H8O2/c1-10(20)5-6-11-9-19(13(21)24-14(2,3)4)8-7-12(11)25-26(22,23)15(16,17)18;1-10(2,3)14-9(13)11-6-4-8(12)5-7-11;1-3-4-5(6)7-2/h5-6H,7-9H2,1-4H3;4-7H2,1-3H3;3-4H,1-2H3/b6-5+;;4-3+. The largest absolute Gasteiger partial charge is 0.534 e. The monoisotopic (exact) mass is 698 g/mol. The van der Waals surface area contributed by atoms with Crippen molar-refractivity contribution in [1.29, 1.82) is 0 Å². The Kier molecular flexibility index (Phi) is 16.9. The number of carbonyl (C=O) groups is 5. The molecule has 2 aliphatic heterocycles. The van der Waals surface area contributed by atoms with E-state index in [1.54, 1.807) is 38.7 Å². The summed E-state index contributed by atoms with van der Waals surface area (Å²) in [4.78, 5) is 58.5. The van der Waals surface area contributed by atoms with Crippen molar-refractivity contribution in [1.82, 2.24) is 9.80 Å². The quantitative estimate of drug-likeness (QED) is 0.122. The Morgan fingerprint density at radius 1 is 0.809 bits per heavy atom. The average Bonchev–Trinajstić information content (AvgIpc) is 2.91. The van der Waals surface area contributed by atoms with Gasteiger partial charge in [0.1, 0.15) is 22.7 Å². The van der Waals surface area contributed by atoms with Gasteiger partial charge < -0.3 is 28.2 Å². The molecular weight excluding hydrogens is 653 g/mol. The van der Waals surface area contributed by atoms with Gasteiger partial charge in [0.05, 0.1) is 13.7 Å². The van der Waals surface area contributed by atoms with E-state index in [9.17, 15) is 45.6 Å². The van der Waals surface area contributed by atoms with E-state index in [1.807, 2.05) is 20.8 Å². The Balaban J connectivity index is 0.000000834. The average molecular weight is 699 g/mol. The Hall–Kier alpha value is -3.89. The van der Waals surface area contributed by atoms with E-state index < -0.39 is 44.5 Å². The number of likely N-dealkylation sites (tertiary alicyclic amines) is 1. The number of amides is 2. The minimum atomic E-state index is -5.85. The number of ketones is 2. The van der Waals surface area contributed by atoms with E-state index in [2.05, 4.69) is 8.92 Å². The zero-order valence-electron chi connectivity index (χ0n) is 28.2. The summed E-state index contributed by atoms with van der Waals surface area (Å²) < 4.78 is 78.9. The van der Waals surface area contributed by atoms with Crippen LogP contribution in [0.25, 0.3) is 0 Å². The normalized spacial score (nSPS) is 16.1. The molecule has 0 N–H and O–H groups in total. The molecule has 268 valence electrons. The number of halogens is 3. The number of methoxy groups -OCH3 is 1. The highest BCUT2D eigenvalue weighted by Crippen LogP contribution is 2.31. The third kappa shape index (κ3) is 18.1. The number of carbonyl (C=O) groups excluding carboxylic acids is 5. The lowest BCUT2D eigenvalue weighted by Gasteiger charge is -2.31. The first-order valence-corrected chi connectivity index (χ1v) is 15.8. The fourth-order valence-corrected chi connectivity index (χ4v) is 3.91. The molecule has 1 fully saturated rings. The molecule has 0 aliphatic carbocycles. The summed E-state index contributed by atoms with van der Waals surface area (Å²) in [7, 11) is -4.50. The van der Waals surface area contributed by atoms with E-state index in [1.165, 1.54) is 25.0 Å². The van der Waals surface area contributed by atoms with Gasteiger partial charge in [0.25, 0.3) is 0 Å². The van der Waals surface area contributed by atoms with Crippen LogP contribution in [0.15, 0.2) is 35.6 Å². The van der Waals surface area contributed by atoms with Gasteiger partial charge in [0.15, 0.2) is 5.78 Å². The Labute approximate surface area is 273 Å². The molecule has 0 saturated carbocycles. The van der Waals surface area contributed by atoms with Crippen molar-refractivity contribution in [2.24, 2.45) is 0 Å². The van der Waals surface area contributed by atoms with E-state index in [4.69, 9.17) is 9.47 Å². The Morgan fingerprint density at radius 2 is 1.28 bits per heavy atom. The zero-order chi connectivity index (χ0) is 36.8. The van der Waals surface area contributed by atoms with Crippen LogP contribution in [-0.2, 0) is 42.9 Å². The lowest BCUT2D eigenvalue weighted by Crippen LogP contribution is -2.41. The van der Waals surface area contributed by atoms with Gasteiger partial charge in [-0.1, -0.05) is 12.2 Å². The predicted molar refractivity (Wildman–Crippen MR) is 164 cm³/mol. The van der Waals surface area contributed by atoms with E-state index >= 15 is 0 Å². The third-order valence-electron chi connectivity index (χ3n) is 5.47. The van der Waals surface area contributed by atoms with Gasteiger partial charge in [-0.05, 0) is 61.5 Å². The number of esters is 1. The van der Waals surface area contributed by atoms with Crippen LogP contribution in [0.3, 0.4) is 0 Å². The van der Waals surface area contributed by atoms with Crippen molar-refractivity contribution in [3.8, 4) is 0 Å². The number of hydrogen-bond acceptors (Lipinski definition) is 11. The molecule has 2 aliphatic rings. The lowest BCUT2D eigenvalue weighted by atomic mass is 10.1. The second-order valence-corrected chi connectivity index (χ2v) is 13.6. The molecule has 2 heterocycles. The minimum absolute atomic E-state index is 0.0369. The predicted octanol–water partition coefficient (Wildman–Crippen LogP) is 5.21. The van der Waals surface area contributed by atoms with Gasteiger partial charge >= 0.3 is 33.8 Å². The first kappa shape index (κ1) is 43.1. The molecule has 2 rings (SSSR count). The number of alkyl halides is 3.